The third kappa shape index (κ3) is 5.34. The number of hydrazine groups is 1. The molecule has 162 valence electrons. The Morgan fingerprint density at radius 1 is 1.24 bits per heavy atom. The van der Waals surface area contributed by atoms with Gasteiger partial charge in [-0.2, -0.15) is 5.01 Å². The van der Waals surface area contributed by atoms with Crippen molar-refractivity contribution in [1.82, 2.24) is 15.3 Å². The van der Waals surface area contributed by atoms with Gasteiger partial charge in [-0.05, 0) is 49.8 Å². The molecule has 8 heteroatoms. The van der Waals surface area contributed by atoms with E-state index in [1.165, 1.54) is 17.9 Å². The number of methoxy groups -OCH3 is 1. The fourth-order valence-corrected chi connectivity index (χ4v) is 3.91. The number of nitrogens with zero attached hydrogens (tertiary/aromatic N) is 2. The first-order valence-corrected chi connectivity index (χ1v) is 10.2. The quantitative estimate of drug-likeness (QED) is 0.667. The van der Waals surface area contributed by atoms with Crippen LogP contribution < -0.4 is 14.8 Å². The lowest BCUT2D eigenvalue weighted by molar-refractivity contribution is -0.131. The summed E-state index contributed by atoms with van der Waals surface area (Å²) in [5, 5.41) is 5.74. The van der Waals surface area contributed by atoms with Crippen molar-refractivity contribution in [2.45, 2.75) is 64.0 Å². The van der Waals surface area contributed by atoms with Gasteiger partial charge in [0.25, 0.3) is 0 Å². The molecule has 1 unspecified atom stereocenters. The normalized spacial score (nSPS) is 19.9. The van der Waals surface area contributed by atoms with Crippen LogP contribution in [0.3, 0.4) is 0 Å². The molecule has 7 nitrogen and oxygen atoms in total. The van der Waals surface area contributed by atoms with Gasteiger partial charge in [-0.3, -0.25) is 4.79 Å². The summed E-state index contributed by atoms with van der Waals surface area (Å²) in [6.45, 7) is 2.63. The largest absolute Gasteiger partial charge is 0.493 e. The molecule has 1 N–H and O–H groups in total. The molecule has 1 aliphatic carbocycles. The Kier molecular flexibility index (Phi) is 8.59. The predicted octanol–water partition coefficient (Wildman–Crippen LogP) is 4.07. The SMILES string of the molecule is CCCCNC(=O)N1C(=O)CC(c2ccc(OC)c(OC3CCCC3)c2)N1C.Cl. The van der Waals surface area contributed by atoms with E-state index in [1.54, 1.807) is 19.2 Å². The number of benzene rings is 1. The molecule has 3 amide bonds. The van der Waals surface area contributed by atoms with Crippen molar-refractivity contribution in [3.05, 3.63) is 23.8 Å². The first-order chi connectivity index (χ1) is 13.5. The van der Waals surface area contributed by atoms with E-state index in [2.05, 4.69) is 12.2 Å². The Morgan fingerprint density at radius 3 is 2.62 bits per heavy atom. The first-order valence-electron chi connectivity index (χ1n) is 10.2. The van der Waals surface area contributed by atoms with Crippen molar-refractivity contribution in [1.29, 1.82) is 0 Å². The lowest BCUT2D eigenvalue weighted by Crippen LogP contribution is -2.47. The number of amides is 3. The molecule has 0 radical (unpaired) electrons. The van der Waals surface area contributed by atoms with Gasteiger partial charge in [0.05, 0.1) is 25.7 Å². The second-order valence-electron chi connectivity index (χ2n) is 7.52. The Bertz CT molecular complexity index is 709. The zero-order valence-electron chi connectivity index (χ0n) is 17.5. The summed E-state index contributed by atoms with van der Waals surface area (Å²) in [5.41, 5.74) is 0.938. The van der Waals surface area contributed by atoms with Crippen LogP contribution in [-0.4, -0.2) is 48.8 Å². The van der Waals surface area contributed by atoms with Crippen LogP contribution in [0.15, 0.2) is 18.2 Å². The van der Waals surface area contributed by atoms with Crippen LogP contribution in [0.2, 0.25) is 0 Å². The molecular formula is C21H32ClN3O4. The molecule has 1 aromatic carbocycles. The van der Waals surface area contributed by atoms with E-state index in [0.717, 1.165) is 31.2 Å². The zero-order valence-corrected chi connectivity index (χ0v) is 18.3. The number of nitrogens with one attached hydrogen (secondary N) is 1. The number of unbranched alkanes of at least 4 members (excludes halogenated alkanes) is 1. The van der Waals surface area contributed by atoms with Crippen LogP contribution >= 0.6 is 12.4 Å². The lowest BCUT2D eigenvalue weighted by atomic mass is 10.0. The highest BCUT2D eigenvalue weighted by Gasteiger charge is 2.40. The highest BCUT2D eigenvalue weighted by Crippen LogP contribution is 2.38. The maximum Gasteiger partial charge on any atom is 0.339 e. The van der Waals surface area contributed by atoms with Crippen molar-refractivity contribution < 1.29 is 19.1 Å². The number of carbonyl (C=O) groups is 2. The van der Waals surface area contributed by atoms with Gasteiger partial charge in [-0.15, -0.1) is 12.4 Å². The summed E-state index contributed by atoms with van der Waals surface area (Å²) in [6.07, 6.45) is 6.84. The van der Waals surface area contributed by atoms with E-state index in [4.69, 9.17) is 9.47 Å². The van der Waals surface area contributed by atoms with Gasteiger partial charge < -0.3 is 14.8 Å². The van der Waals surface area contributed by atoms with Crippen molar-refractivity contribution in [2.24, 2.45) is 0 Å². The van der Waals surface area contributed by atoms with Gasteiger partial charge in [0.2, 0.25) is 5.91 Å². The van der Waals surface area contributed by atoms with Crippen molar-refractivity contribution in [3.8, 4) is 11.5 Å². The van der Waals surface area contributed by atoms with Crippen LogP contribution in [0.1, 0.15) is 63.5 Å². The predicted molar refractivity (Wildman–Crippen MR) is 113 cm³/mol. The highest BCUT2D eigenvalue weighted by molar-refractivity contribution is 5.95. The summed E-state index contributed by atoms with van der Waals surface area (Å²) in [6, 6.07) is 5.19. The molecule has 0 aromatic heterocycles. The Hall–Kier alpha value is -1.99. The maximum absolute atomic E-state index is 12.5. The third-order valence-electron chi connectivity index (χ3n) is 5.54. The summed E-state index contributed by atoms with van der Waals surface area (Å²) in [5.74, 6) is 1.20. The number of ether oxygens (including phenoxy) is 2. The van der Waals surface area contributed by atoms with Crippen molar-refractivity contribution in [2.75, 3.05) is 20.7 Å². The molecule has 1 atom stereocenters. The fourth-order valence-electron chi connectivity index (χ4n) is 3.91. The number of halogens is 1. The van der Waals surface area contributed by atoms with Crippen molar-refractivity contribution in [3.63, 3.8) is 0 Å². The molecule has 1 aromatic rings. The van der Waals surface area contributed by atoms with E-state index in [9.17, 15) is 9.59 Å². The number of carbonyl (C=O) groups excluding carboxylic acids is 2. The van der Waals surface area contributed by atoms with Gasteiger partial charge in [-0.1, -0.05) is 19.4 Å². The summed E-state index contributed by atoms with van der Waals surface area (Å²) < 4.78 is 11.6. The van der Waals surface area contributed by atoms with Gasteiger partial charge in [0, 0.05) is 13.6 Å². The smallest absolute Gasteiger partial charge is 0.339 e. The van der Waals surface area contributed by atoms with E-state index < -0.39 is 0 Å². The molecule has 1 saturated carbocycles. The van der Waals surface area contributed by atoms with Gasteiger partial charge in [0.1, 0.15) is 0 Å². The standard InChI is InChI=1S/C21H31N3O4.ClH/c1-4-5-12-22-21(26)24-20(25)14-17(23(24)2)15-10-11-18(27-3)19(13-15)28-16-8-6-7-9-16;/h10-11,13,16-17H,4-9,12,14H2,1-3H3,(H,22,26);1H. The molecule has 0 spiro atoms. The summed E-state index contributed by atoms with van der Waals surface area (Å²) >= 11 is 0. The minimum Gasteiger partial charge on any atom is -0.493 e. The Morgan fingerprint density at radius 2 is 1.97 bits per heavy atom. The van der Waals surface area contributed by atoms with Gasteiger partial charge >= 0.3 is 6.03 Å². The molecule has 2 aliphatic rings. The van der Waals surface area contributed by atoms with Crippen LogP contribution in [0, 0.1) is 0 Å². The molecule has 0 bridgehead atoms. The lowest BCUT2D eigenvalue weighted by Gasteiger charge is -2.27. The third-order valence-corrected chi connectivity index (χ3v) is 5.54. The second-order valence-corrected chi connectivity index (χ2v) is 7.52. The summed E-state index contributed by atoms with van der Waals surface area (Å²) in [4.78, 5) is 24.9. The Balaban J connectivity index is 0.00000300. The van der Waals surface area contributed by atoms with Gasteiger partial charge in [-0.25, -0.2) is 9.80 Å². The van der Waals surface area contributed by atoms with E-state index in [-0.39, 0.29) is 42.9 Å². The topological polar surface area (TPSA) is 71.1 Å². The molecule has 1 heterocycles. The van der Waals surface area contributed by atoms with Crippen LogP contribution in [0.4, 0.5) is 4.79 Å². The number of rotatable bonds is 7. The first kappa shape index (κ1) is 23.3. The van der Waals surface area contributed by atoms with Crippen LogP contribution in [0.25, 0.3) is 0 Å². The number of urea groups is 1. The van der Waals surface area contributed by atoms with E-state index in [0.29, 0.717) is 18.0 Å². The minimum atomic E-state index is -0.362. The number of hydrogen-bond acceptors (Lipinski definition) is 5. The molecule has 2 fully saturated rings. The maximum atomic E-state index is 12.5. The van der Waals surface area contributed by atoms with Crippen LogP contribution in [0.5, 0.6) is 11.5 Å². The molecule has 3 rings (SSSR count). The molecular weight excluding hydrogens is 394 g/mol. The molecule has 1 aliphatic heterocycles. The summed E-state index contributed by atoms with van der Waals surface area (Å²) in [7, 11) is 3.40. The fraction of sp³-hybridized carbons (Fsp3) is 0.619. The Labute approximate surface area is 179 Å². The number of imide groups is 1. The molecule has 29 heavy (non-hydrogen) atoms. The van der Waals surface area contributed by atoms with Crippen LogP contribution in [-0.2, 0) is 4.79 Å². The van der Waals surface area contributed by atoms with E-state index >= 15 is 0 Å². The monoisotopic (exact) mass is 425 g/mol. The second kappa shape index (κ2) is 10.7. The zero-order chi connectivity index (χ0) is 20.1. The van der Waals surface area contributed by atoms with E-state index in [1.807, 2.05) is 18.2 Å². The number of hydrogen-bond donors (Lipinski definition) is 1. The van der Waals surface area contributed by atoms with Gasteiger partial charge in [0.15, 0.2) is 11.5 Å². The van der Waals surface area contributed by atoms with Crippen molar-refractivity contribution >= 4 is 24.3 Å². The average Bonchev–Trinajstić information content (AvgIpc) is 3.29. The minimum absolute atomic E-state index is 0. The average molecular weight is 426 g/mol. The molecule has 1 saturated heterocycles. The highest BCUT2D eigenvalue weighted by atomic mass is 35.5.